The van der Waals surface area contributed by atoms with Gasteiger partial charge < -0.3 is 20.9 Å². The van der Waals surface area contributed by atoms with Gasteiger partial charge in [-0.1, -0.05) is 42.5 Å². The van der Waals surface area contributed by atoms with E-state index in [4.69, 9.17) is 0 Å². The summed E-state index contributed by atoms with van der Waals surface area (Å²) >= 11 is 0. The first-order chi connectivity index (χ1) is 13.6. The summed E-state index contributed by atoms with van der Waals surface area (Å²) in [7, 11) is 1.57. The number of aryl methyl sites for hydroxylation is 1. The van der Waals surface area contributed by atoms with Gasteiger partial charge in [0.25, 0.3) is 0 Å². The second kappa shape index (κ2) is 9.26. The van der Waals surface area contributed by atoms with Gasteiger partial charge in [0.2, 0.25) is 5.91 Å². The Morgan fingerprint density at radius 1 is 1.04 bits per heavy atom. The van der Waals surface area contributed by atoms with Crippen LogP contribution in [0.5, 0.6) is 0 Å². The van der Waals surface area contributed by atoms with E-state index in [1.807, 2.05) is 30.3 Å². The Morgan fingerprint density at radius 3 is 2.39 bits per heavy atom. The van der Waals surface area contributed by atoms with Gasteiger partial charge in [-0.2, -0.15) is 0 Å². The molecule has 148 valence electrons. The maximum absolute atomic E-state index is 12.5. The molecule has 1 fully saturated rings. The molecular formula is C22H28N4O2. The lowest BCUT2D eigenvalue weighted by Crippen LogP contribution is -2.50. The van der Waals surface area contributed by atoms with Gasteiger partial charge in [-0.15, -0.1) is 0 Å². The number of nitrogens with one attached hydrogen (secondary N) is 3. The quantitative estimate of drug-likeness (QED) is 0.747. The molecule has 1 saturated heterocycles. The molecule has 0 spiro atoms. The van der Waals surface area contributed by atoms with Crippen molar-refractivity contribution in [1.29, 1.82) is 0 Å². The Hall–Kier alpha value is -3.02. The summed E-state index contributed by atoms with van der Waals surface area (Å²) in [6.45, 7) is 3.88. The Labute approximate surface area is 166 Å². The summed E-state index contributed by atoms with van der Waals surface area (Å²) in [5.41, 5.74) is 3.23. The first-order valence-electron chi connectivity index (χ1n) is 9.72. The Balaban J connectivity index is 1.54. The van der Waals surface area contributed by atoms with Crippen LogP contribution in [0.1, 0.15) is 30.0 Å². The molecule has 6 nitrogen and oxygen atoms in total. The minimum absolute atomic E-state index is 0.0992. The zero-order valence-electron chi connectivity index (χ0n) is 16.4. The van der Waals surface area contributed by atoms with Crippen LogP contribution in [0, 0.1) is 6.92 Å². The van der Waals surface area contributed by atoms with Crippen molar-refractivity contribution in [2.24, 2.45) is 0 Å². The highest BCUT2D eigenvalue weighted by molar-refractivity contribution is 5.88. The minimum Gasteiger partial charge on any atom is -0.371 e. The lowest BCUT2D eigenvalue weighted by molar-refractivity contribution is -0.122. The van der Waals surface area contributed by atoms with E-state index in [1.165, 1.54) is 11.3 Å². The monoisotopic (exact) mass is 380 g/mol. The third-order valence-corrected chi connectivity index (χ3v) is 5.11. The molecule has 1 aliphatic rings. The molecule has 28 heavy (non-hydrogen) atoms. The number of piperidine rings is 1. The number of anilines is 1. The highest BCUT2D eigenvalue weighted by Gasteiger charge is 2.25. The van der Waals surface area contributed by atoms with E-state index in [1.54, 1.807) is 7.05 Å². The number of hydrogen-bond acceptors (Lipinski definition) is 3. The average Bonchev–Trinajstić information content (AvgIpc) is 2.72. The Morgan fingerprint density at radius 2 is 1.75 bits per heavy atom. The van der Waals surface area contributed by atoms with E-state index in [0.717, 1.165) is 31.5 Å². The predicted molar refractivity (Wildman–Crippen MR) is 111 cm³/mol. The molecule has 1 atom stereocenters. The molecule has 0 bridgehead atoms. The van der Waals surface area contributed by atoms with Crippen LogP contribution in [0.2, 0.25) is 0 Å². The summed E-state index contributed by atoms with van der Waals surface area (Å²) < 4.78 is 0. The van der Waals surface area contributed by atoms with Gasteiger partial charge in [0.05, 0.1) is 0 Å². The average molecular weight is 380 g/mol. The molecule has 3 amide bonds. The standard InChI is InChI=1S/C22H28N4O2/c1-16-7-6-10-19(15-16)26-13-11-18(12-14-26)24-22(28)25-20(21(27)23-2)17-8-4-3-5-9-17/h3-10,15,18,20H,11-14H2,1-2H3,(H,23,27)(H2,24,25,28). The summed E-state index contributed by atoms with van der Waals surface area (Å²) in [4.78, 5) is 27.1. The minimum atomic E-state index is -0.710. The van der Waals surface area contributed by atoms with Crippen molar-refractivity contribution in [2.75, 3.05) is 25.0 Å². The number of likely N-dealkylation sites (N-methyl/N-ethyl adjacent to an activating group) is 1. The molecule has 1 aliphatic heterocycles. The van der Waals surface area contributed by atoms with Crippen molar-refractivity contribution >= 4 is 17.6 Å². The van der Waals surface area contributed by atoms with Crippen LogP contribution in [0.4, 0.5) is 10.5 Å². The normalized spacial score (nSPS) is 15.6. The van der Waals surface area contributed by atoms with Crippen molar-refractivity contribution < 1.29 is 9.59 Å². The van der Waals surface area contributed by atoms with Gasteiger partial charge in [-0.3, -0.25) is 4.79 Å². The third kappa shape index (κ3) is 5.03. The van der Waals surface area contributed by atoms with Crippen LogP contribution < -0.4 is 20.9 Å². The van der Waals surface area contributed by atoms with Crippen molar-refractivity contribution in [3.05, 3.63) is 65.7 Å². The lowest BCUT2D eigenvalue weighted by atomic mass is 10.0. The van der Waals surface area contributed by atoms with Crippen LogP contribution in [0.15, 0.2) is 54.6 Å². The maximum Gasteiger partial charge on any atom is 0.315 e. The molecule has 0 aliphatic carbocycles. The van der Waals surface area contributed by atoms with Crippen molar-refractivity contribution in [3.63, 3.8) is 0 Å². The van der Waals surface area contributed by atoms with Gasteiger partial charge in [0.15, 0.2) is 0 Å². The van der Waals surface area contributed by atoms with E-state index in [-0.39, 0.29) is 18.0 Å². The molecule has 0 radical (unpaired) electrons. The molecule has 0 aromatic heterocycles. The lowest BCUT2D eigenvalue weighted by Gasteiger charge is -2.34. The molecule has 6 heteroatoms. The number of hydrogen-bond donors (Lipinski definition) is 3. The molecule has 3 N–H and O–H groups in total. The van der Waals surface area contributed by atoms with Crippen molar-refractivity contribution in [1.82, 2.24) is 16.0 Å². The zero-order chi connectivity index (χ0) is 19.9. The van der Waals surface area contributed by atoms with Crippen LogP contribution >= 0.6 is 0 Å². The smallest absolute Gasteiger partial charge is 0.315 e. The molecule has 1 unspecified atom stereocenters. The van der Waals surface area contributed by atoms with E-state index >= 15 is 0 Å². The number of rotatable bonds is 5. The number of urea groups is 1. The predicted octanol–water partition coefficient (Wildman–Crippen LogP) is 2.75. The maximum atomic E-state index is 12.5. The van der Waals surface area contributed by atoms with Crippen LogP contribution in [-0.2, 0) is 4.79 Å². The van der Waals surface area contributed by atoms with Gasteiger partial charge in [-0.05, 0) is 43.0 Å². The zero-order valence-corrected chi connectivity index (χ0v) is 16.4. The number of amides is 3. The highest BCUT2D eigenvalue weighted by atomic mass is 16.2. The summed E-state index contributed by atoms with van der Waals surface area (Å²) in [6.07, 6.45) is 1.74. The Kier molecular flexibility index (Phi) is 6.53. The summed E-state index contributed by atoms with van der Waals surface area (Å²) in [5.74, 6) is -0.240. The van der Waals surface area contributed by atoms with Crippen molar-refractivity contribution in [2.45, 2.75) is 31.8 Å². The van der Waals surface area contributed by atoms with Gasteiger partial charge in [-0.25, -0.2) is 4.79 Å². The fourth-order valence-corrected chi connectivity index (χ4v) is 3.55. The van der Waals surface area contributed by atoms with Gasteiger partial charge in [0, 0.05) is 31.9 Å². The summed E-state index contributed by atoms with van der Waals surface area (Å²) in [6, 6.07) is 16.8. The second-order valence-electron chi connectivity index (χ2n) is 7.18. The third-order valence-electron chi connectivity index (χ3n) is 5.11. The number of benzene rings is 2. The largest absolute Gasteiger partial charge is 0.371 e. The van der Waals surface area contributed by atoms with Gasteiger partial charge in [0.1, 0.15) is 6.04 Å². The topological polar surface area (TPSA) is 73.5 Å². The second-order valence-corrected chi connectivity index (χ2v) is 7.18. The van der Waals surface area contributed by atoms with E-state index in [9.17, 15) is 9.59 Å². The molecular weight excluding hydrogens is 352 g/mol. The van der Waals surface area contributed by atoms with E-state index < -0.39 is 6.04 Å². The van der Waals surface area contributed by atoms with Crippen molar-refractivity contribution in [3.8, 4) is 0 Å². The van der Waals surface area contributed by atoms with E-state index in [2.05, 4.69) is 52.0 Å². The Bertz CT molecular complexity index is 801. The fraction of sp³-hybridized carbons (Fsp3) is 0.364. The molecule has 0 saturated carbocycles. The fourth-order valence-electron chi connectivity index (χ4n) is 3.55. The number of carbonyl (C=O) groups is 2. The molecule has 1 heterocycles. The van der Waals surface area contributed by atoms with Gasteiger partial charge >= 0.3 is 6.03 Å². The van der Waals surface area contributed by atoms with Crippen LogP contribution in [-0.4, -0.2) is 38.1 Å². The number of nitrogens with zero attached hydrogens (tertiary/aromatic N) is 1. The molecule has 2 aromatic rings. The first kappa shape index (κ1) is 19.7. The molecule has 3 rings (SSSR count). The number of carbonyl (C=O) groups excluding carboxylic acids is 2. The highest BCUT2D eigenvalue weighted by Crippen LogP contribution is 2.21. The molecule has 2 aromatic carbocycles. The van der Waals surface area contributed by atoms with E-state index in [0.29, 0.717) is 0 Å². The SMILES string of the molecule is CNC(=O)C(NC(=O)NC1CCN(c2cccc(C)c2)CC1)c1ccccc1. The van der Waals surface area contributed by atoms with Crippen LogP contribution in [0.25, 0.3) is 0 Å². The van der Waals surface area contributed by atoms with Crippen LogP contribution in [0.3, 0.4) is 0 Å². The summed E-state index contributed by atoms with van der Waals surface area (Å²) in [5, 5.41) is 8.44. The first-order valence-corrected chi connectivity index (χ1v) is 9.72.